The van der Waals surface area contributed by atoms with Crippen molar-refractivity contribution < 1.29 is 4.79 Å². The zero-order chi connectivity index (χ0) is 15.6. The summed E-state index contributed by atoms with van der Waals surface area (Å²) in [7, 11) is 3.57. The molecule has 4 nitrogen and oxygen atoms in total. The van der Waals surface area contributed by atoms with Crippen LogP contribution in [-0.2, 0) is 0 Å². The summed E-state index contributed by atoms with van der Waals surface area (Å²) in [6, 6.07) is 5.59. The summed E-state index contributed by atoms with van der Waals surface area (Å²) in [5.74, 6) is 0.0360. The van der Waals surface area contributed by atoms with Gasteiger partial charge < -0.3 is 15.5 Å². The van der Waals surface area contributed by atoms with Crippen molar-refractivity contribution >= 4 is 17.3 Å². The average Bonchev–Trinajstić information content (AvgIpc) is 2.47. The number of carbonyl (C=O) groups is 1. The third-order valence-corrected chi connectivity index (χ3v) is 4.82. The molecule has 4 heteroatoms. The number of hydrogen-bond donors (Lipinski definition) is 1. The van der Waals surface area contributed by atoms with Crippen LogP contribution in [0, 0.1) is 5.41 Å². The fourth-order valence-corrected chi connectivity index (χ4v) is 2.87. The van der Waals surface area contributed by atoms with E-state index in [4.69, 9.17) is 5.73 Å². The first kappa shape index (κ1) is 15.7. The summed E-state index contributed by atoms with van der Waals surface area (Å²) in [4.78, 5) is 16.3. The minimum Gasteiger partial charge on any atom is -0.399 e. The van der Waals surface area contributed by atoms with E-state index >= 15 is 0 Å². The van der Waals surface area contributed by atoms with Crippen LogP contribution in [0.25, 0.3) is 0 Å². The lowest BCUT2D eigenvalue weighted by molar-refractivity contribution is 0.0828. The van der Waals surface area contributed by atoms with Crippen LogP contribution in [0.2, 0.25) is 0 Å². The molecule has 2 rings (SSSR count). The van der Waals surface area contributed by atoms with Crippen LogP contribution in [0.1, 0.15) is 43.5 Å². The smallest absolute Gasteiger partial charge is 0.255 e. The SMILES string of the molecule is CCC1(C)CCN(c2cc(N)ccc2C(=O)N(C)C)CC1. The largest absolute Gasteiger partial charge is 0.399 e. The average molecular weight is 289 g/mol. The van der Waals surface area contributed by atoms with Crippen LogP contribution in [0.5, 0.6) is 0 Å². The van der Waals surface area contributed by atoms with Crippen LogP contribution in [-0.4, -0.2) is 38.0 Å². The number of piperidine rings is 1. The van der Waals surface area contributed by atoms with Gasteiger partial charge in [-0.2, -0.15) is 0 Å². The number of rotatable bonds is 3. The molecule has 1 aliphatic rings. The second-order valence-electron chi connectivity index (χ2n) is 6.63. The van der Waals surface area contributed by atoms with Crippen LogP contribution in [0.4, 0.5) is 11.4 Å². The maximum Gasteiger partial charge on any atom is 0.255 e. The van der Waals surface area contributed by atoms with Gasteiger partial charge >= 0.3 is 0 Å². The van der Waals surface area contributed by atoms with E-state index in [1.54, 1.807) is 25.1 Å². The highest BCUT2D eigenvalue weighted by molar-refractivity contribution is 6.00. The van der Waals surface area contributed by atoms with E-state index < -0.39 is 0 Å². The molecule has 0 atom stereocenters. The van der Waals surface area contributed by atoms with Crippen molar-refractivity contribution in [2.45, 2.75) is 33.1 Å². The first-order valence-electron chi connectivity index (χ1n) is 7.72. The van der Waals surface area contributed by atoms with Gasteiger partial charge in [0.2, 0.25) is 0 Å². The molecule has 0 bridgehead atoms. The number of carbonyl (C=O) groups excluding carboxylic acids is 1. The molecule has 1 fully saturated rings. The normalized spacial score (nSPS) is 17.6. The van der Waals surface area contributed by atoms with Gasteiger partial charge in [-0.05, 0) is 36.5 Å². The van der Waals surface area contributed by atoms with Gasteiger partial charge in [-0.1, -0.05) is 20.3 Å². The van der Waals surface area contributed by atoms with Gasteiger partial charge in [0.05, 0.1) is 11.3 Å². The van der Waals surface area contributed by atoms with Crippen molar-refractivity contribution in [1.29, 1.82) is 0 Å². The van der Waals surface area contributed by atoms with Crippen LogP contribution in [0.3, 0.4) is 0 Å². The van der Waals surface area contributed by atoms with Crippen molar-refractivity contribution in [2.75, 3.05) is 37.8 Å². The van der Waals surface area contributed by atoms with E-state index in [1.807, 2.05) is 12.1 Å². The predicted molar refractivity (Wildman–Crippen MR) is 88.7 cm³/mol. The summed E-state index contributed by atoms with van der Waals surface area (Å²) >= 11 is 0. The first-order chi connectivity index (χ1) is 9.86. The lowest BCUT2D eigenvalue weighted by Gasteiger charge is -2.40. The van der Waals surface area contributed by atoms with Gasteiger partial charge in [-0.15, -0.1) is 0 Å². The van der Waals surface area contributed by atoms with E-state index in [0.29, 0.717) is 11.1 Å². The maximum atomic E-state index is 12.4. The van der Waals surface area contributed by atoms with Crippen molar-refractivity contribution in [3.63, 3.8) is 0 Å². The lowest BCUT2D eigenvalue weighted by atomic mass is 9.78. The number of benzene rings is 1. The van der Waals surface area contributed by atoms with E-state index in [2.05, 4.69) is 18.7 Å². The molecule has 1 saturated heterocycles. The van der Waals surface area contributed by atoms with Gasteiger partial charge in [-0.25, -0.2) is 0 Å². The number of anilines is 2. The van der Waals surface area contributed by atoms with E-state index in [0.717, 1.165) is 37.2 Å². The molecule has 116 valence electrons. The molecular weight excluding hydrogens is 262 g/mol. The second-order valence-corrected chi connectivity index (χ2v) is 6.63. The molecular formula is C17H27N3O. The Hall–Kier alpha value is -1.71. The highest BCUT2D eigenvalue weighted by Gasteiger charge is 2.30. The second kappa shape index (κ2) is 5.96. The van der Waals surface area contributed by atoms with E-state index in [1.165, 1.54) is 6.42 Å². The van der Waals surface area contributed by atoms with Crippen molar-refractivity contribution in [1.82, 2.24) is 4.90 Å². The molecule has 1 amide bonds. The third kappa shape index (κ3) is 3.31. The fraction of sp³-hybridized carbons (Fsp3) is 0.588. The molecule has 1 aromatic rings. The van der Waals surface area contributed by atoms with Crippen LogP contribution >= 0.6 is 0 Å². The Morgan fingerprint density at radius 2 is 1.95 bits per heavy atom. The van der Waals surface area contributed by atoms with E-state index in [9.17, 15) is 4.79 Å². The van der Waals surface area contributed by atoms with Crippen LogP contribution < -0.4 is 10.6 Å². The Kier molecular flexibility index (Phi) is 4.45. The van der Waals surface area contributed by atoms with Crippen molar-refractivity contribution in [3.05, 3.63) is 23.8 Å². The molecule has 1 heterocycles. The number of nitrogens with two attached hydrogens (primary N) is 1. The monoisotopic (exact) mass is 289 g/mol. The van der Waals surface area contributed by atoms with E-state index in [-0.39, 0.29) is 5.91 Å². The standard InChI is InChI=1S/C17H27N3O/c1-5-17(2)8-10-20(11-9-17)15-12-13(18)6-7-14(15)16(21)19(3)4/h6-7,12H,5,8-11,18H2,1-4H3. The number of hydrogen-bond acceptors (Lipinski definition) is 3. The molecule has 1 aromatic carbocycles. The summed E-state index contributed by atoms with van der Waals surface area (Å²) in [6.45, 7) is 6.59. The molecule has 0 saturated carbocycles. The summed E-state index contributed by atoms with van der Waals surface area (Å²) < 4.78 is 0. The third-order valence-electron chi connectivity index (χ3n) is 4.82. The molecule has 0 aromatic heterocycles. The molecule has 0 unspecified atom stereocenters. The molecule has 1 aliphatic heterocycles. The zero-order valence-electron chi connectivity index (χ0n) is 13.6. The Morgan fingerprint density at radius 1 is 1.33 bits per heavy atom. The summed E-state index contributed by atoms with van der Waals surface area (Å²) in [5.41, 5.74) is 8.81. The van der Waals surface area contributed by atoms with Gasteiger partial charge in [0, 0.05) is 32.9 Å². The number of nitrogen functional groups attached to an aromatic ring is 1. The van der Waals surface area contributed by atoms with Crippen molar-refractivity contribution in [3.8, 4) is 0 Å². The topological polar surface area (TPSA) is 49.6 Å². The molecule has 2 N–H and O–H groups in total. The fourth-order valence-electron chi connectivity index (χ4n) is 2.87. The summed E-state index contributed by atoms with van der Waals surface area (Å²) in [6.07, 6.45) is 3.53. The highest BCUT2D eigenvalue weighted by Crippen LogP contribution is 2.37. The molecule has 0 aliphatic carbocycles. The zero-order valence-corrected chi connectivity index (χ0v) is 13.6. The highest BCUT2D eigenvalue weighted by atomic mass is 16.2. The minimum atomic E-state index is 0.0360. The Bertz CT molecular complexity index is 517. The Balaban J connectivity index is 2.27. The van der Waals surface area contributed by atoms with Gasteiger partial charge in [0.1, 0.15) is 0 Å². The Morgan fingerprint density at radius 3 is 2.48 bits per heavy atom. The first-order valence-corrected chi connectivity index (χ1v) is 7.72. The number of amides is 1. The predicted octanol–water partition coefficient (Wildman–Crippen LogP) is 2.99. The summed E-state index contributed by atoms with van der Waals surface area (Å²) in [5, 5.41) is 0. The van der Waals surface area contributed by atoms with Crippen molar-refractivity contribution in [2.24, 2.45) is 5.41 Å². The number of nitrogens with zero attached hydrogens (tertiary/aromatic N) is 2. The van der Waals surface area contributed by atoms with Gasteiger partial charge in [0.15, 0.2) is 0 Å². The van der Waals surface area contributed by atoms with Gasteiger partial charge in [-0.3, -0.25) is 4.79 Å². The maximum absolute atomic E-state index is 12.4. The van der Waals surface area contributed by atoms with Crippen LogP contribution in [0.15, 0.2) is 18.2 Å². The molecule has 21 heavy (non-hydrogen) atoms. The molecule has 0 spiro atoms. The Labute approximate surface area is 127 Å². The lowest BCUT2D eigenvalue weighted by Crippen LogP contribution is -2.39. The minimum absolute atomic E-state index is 0.0360. The molecule has 0 radical (unpaired) electrons. The quantitative estimate of drug-likeness (QED) is 0.870. The van der Waals surface area contributed by atoms with Gasteiger partial charge in [0.25, 0.3) is 5.91 Å².